The molecule has 0 unspecified atom stereocenters. The average molecular weight is 554 g/mol. The molecule has 2 aliphatic rings. The number of hydrogen-bond acceptors (Lipinski definition) is 5. The molecule has 0 aliphatic carbocycles. The van der Waals surface area contributed by atoms with Crippen LogP contribution in [0.15, 0.2) is 91.0 Å². The molecular weight excluding hydrogens is 510 g/mol. The molecule has 0 atom stereocenters. The van der Waals surface area contributed by atoms with Gasteiger partial charge in [0.25, 0.3) is 5.91 Å². The summed E-state index contributed by atoms with van der Waals surface area (Å²) in [5.74, 6) is -0.305. The van der Waals surface area contributed by atoms with E-state index in [1.165, 1.54) is 11.1 Å². The quantitative estimate of drug-likeness (QED) is 0.278. The van der Waals surface area contributed by atoms with Crippen LogP contribution in [0.1, 0.15) is 57.1 Å². The van der Waals surface area contributed by atoms with E-state index in [4.69, 9.17) is 4.74 Å². The summed E-state index contributed by atoms with van der Waals surface area (Å²) >= 11 is 0. The summed E-state index contributed by atoms with van der Waals surface area (Å²) < 4.78 is 5.18. The Labute approximate surface area is 244 Å². The van der Waals surface area contributed by atoms with Crippen molar-refractivity contribution in [2.24, 2.45) is 0 Å². The fourth-order valence-electron chi connectivity index (χ4n) is 6.99. The lowest BCUT2D eigenvalue weighted by atomic mass is 9.69. The Kier molecular flexibility index (Phi) is 9.09. The van der Waals surface area contributed by atoms with Crippen molar-refractivity contribution in [3.05, 3.63) is 102 Å². The monoisotopic (exact) mass is 553 g/mol. The summed E-state index contributed by atoms with van der Waals surface area (Å²) in [4.78, 5) is 32.7. The highest BCUT2D eigenvalue weighted by molar-refractivity contribution is 5.95. The minimum atomic E-state index is -0.635. The van der Waals surface area contributed by atoms with Crippen molar-refractivity contribution in [1.29, 1.82) is 0 Å². The van der Waals surface area contributed by atoms with Gasteiger partial charge in [0.2, 0.25) is 0 Å². The topological polar surface area (TPSA) is 53.1 Å². The Bertz CT molecular complexity index is 1230. The van der Waals surface area contributed by atoms with E-state index < -0.39 is 5.54 Å². The second-order valence-corrected chi connectivity index (χ2v) is 11.4. The van der Waals surface area contributed by atoms with Crippen LogP contribution in [-0.4, -0.2) is 66.7 Å². The van der Waals surface area contributed by atoms with E-state index in [1.807, 2.05) is 18.2 Å². The fourth-order valence-corrected chi connectivity index (χ4v) is 6.99. The van der Waals surface area contributed by atoms with Gasteiger partial charge in [-0.15, -0.1) is 0 Å². The van der Waals surface area contributed by atoms with Crippen LogP contribution in [0.4, 0.5) is 5.69 Å². The molecule has 0 saturated carbocycles. The predicted molar refractivity (Wildman–Crippen MR) is 164 cm³/mol. The highest BCUT2D eigenvalue weighted by Gasteiger charge is 2.54. The van der Waals surface area contributed by atoms with Crippen LogP contribution in [0.25, 0.3) is 0 Å². The van der Waals surface area contributed by atoms with Crippen molar-refractivity contribution < 1.29 is 14.3 Å². The zero-order valence-electron chi connectivity index (χ0n) is 24.5. The molecule has 0 aromatic heterocycles. The van der Waals surface area contributed by atoms with E-state index in [0.717, 1.165) is 57.4 Å². The van der Waals surface area contributed by atoms with E-state index in [0.29, 0.717) is 13.3 Å². The van der Waals surface area contributed by atoms with Gasteiger partial charge in [0.15, 0.2) is 0 Å². The lowest BCUT2D eigenvalue weighted by Crippen LogP contribution is -2.57. The smallest absolute Gasteiger partial charge is 0.325 e. The number of nitrogens with zero attached hydrogens (tertiary/aromatic N) is 3. The first-order valence-corrected chi connectivity index (χ1v) is 15.1. The molecule has 1 amide bonds. The van der Waals surface area contributed by atoms with Gasteiger partial charge in [-0.3, -0.25) is 9.59 Å². The molecule has 3 aromatic rings. The van der Waals surface area contributed by atoms with Crippen molar-refractivity contribution >= 4 is 17.6 Å². The third-order valence-corrected chi connectivity index (χ3v) is 9.07. The third kappa shape index (κ3) is 5.89. The van der Waals surface area contributed by atoms with Gasteiger partial charge >= 0.3 is 5.97 Å². The van der Waals surface area contributed by atoms with E-state index in [-0.39, 0.29) is 23.8 Å². The maximum Gasteiger partial charge on any atom is 0.325 e. The van der Waals surface area contributed by atoms with Crippen molar-refractivity contribution in [2.45, 2.75) is 56.9 Å². The molecule has 0 bridgehead atoms. The number of carbonyl (C=O) groups excluding carboxylic acids is 2. The van der Waals surface area contributed by atoms with Crippen LogP contribution in [0.3, 0.4) is 0 Å². The normalized spacial score (nSPS) is 17.3. The minimum Gasteiger partial charge on any atom is -0.465 e. The van der Waals surface area contributed by atoms with Gasteiger partial charge in [0, 0.05) is 24.2 Å². The van der Waals surface area contributed by atoms with Crippen LogP contribution in [-0.2, 0) is 19.7 Å². The van der Waals surface area contributed by atoms with Gasteiger partial charge in [-0.05, 0) is 62.4 Å². The van der Waals surface area contributed by atoms with Gasteiger partial charge < -0.3 is 19.4 Å². The highest BCUT2D eigenvalue weighted by Crippen LogP contribution is 2.42. The SMILES string of the molecule is CCCC(CCN1CCC2(CC1)C(=O)N(CC(=O)OCC)CN2c1ccccc1)(c1ccccc1)c1ccccc1. The van der Waals surface area contributed by atoms with Crippen LogP contribution in [0.2, 0.25) is 0 Å². The zero-order chi connectivity index (χ0) is 28.7. The number of ether oxygens (including phenoxy) is 1. The first kappa shape index (κ1) is 28.9. The van der Waals surface area contributed by atoms with Crippen molar-refractivity contribution in [1.82, 2.24) is 9.80 Å². The average Bonchev–Trinajstić information content (AvgIpc) is 3.27. The summed E-state index contributed by atoms with van der Waals surface area (Å²) in [6.07, 6.45) is 4.67. The van der Waals surface area contributed by atoms with Gasteiger partial charge in [0.1, 0.15) is 12.1 Å². The predicted octanol–water partition coefficient (Wildman–Crippen LogP) is 5.87. The van der Waals surface area contributed by atoms with Crippen LogP contribution >= 0.6 is 0 Å². The van der Waals surface area contributed by atoms with E-state index in [2.05, 4.69) is 89.5 Å². The molecule has 2 fully saturated rings. The summed E-state index contributed by atoms with van der Waals surface area (Å²) in [7, 11) is 0. The number of benzene rings is 3. The van der Waals surface area contributed by atoms with E-state index >= 15 is 0 Å². The fraction of sp³-hybridized carbons (Fsp3) is 0.429. The molecule has 2 heterocycles. The Morgan fingerprint density at radius 3 is 1.93 bits per heavy atom. The number of esters is 1. The minimum absolute atomic E-state index is 0.00480. The van der Waals surface area contributed by atoms with E-state index in [9.17, 15) is 9.59 Å². The van der Waals surface area contributed by atoms with Crippen LogP contribution in [0.5, 0.6) is 0 Å². The number of rotatable bonds is 11. The largest absolute Gasteiger partial charge is 0.465 e. The van der Waals surface area contributed by atoms with E-state index in [1.54, 1.807) is 11.8 Å². The van der Waals surface area contributed by atoms with Gasteiger partial charge in [0.05, 0.1) is 13.3 Å². The second kappa shape index (κ2) is 12.9. The summed E-state index contributed by atoms with van der Waals surface area (Å²) in [5.41, 5.74) is 3.08. The van der Waals surface area contributed by atoms with Crippen molar-refractivity contribution in [3.8, 4) is 0 Å². The van der Waals surface area contributed by atoms with Crippen molar-refractivity contribution in [2.75, 3.05) is 44.4 Å². The Hall–Kier alpha value is -3.64. The molecule has 2 saturated heterocycles. The molecule has 1 spiro atoms. The number of piperidine rings is 1. The van der Waals surface area contributed by atoms with Gasteiger partial charge in [-0.1, -0.05) is 92.2 Å². The number of para-hydroxylation sites is 1. The number of hydrogen-bond donors (Lipinski definition) is 0. The standard InChI is InChI=1S/C35H43N3O3/c1-3-20-34(29-14-8-5-9-15-29,30-16-10-6-11-17-30)21-24-36-25-22-35(23-26-36)33(40)37(27-32(39)41-4-2)28-38(35)31-18-12-7-13-19-31/h5-19H,3-4,20-28H2,1-2H3. The molecule has 216 valence electrons. The Morgan fingerprint density at radius 2 is 1.39 bits per heavy atom. The van der Waals surface area contributed by atoms with Gasteiger partial charge in [-0.25, -0.2) is 0 Å². The van der Waals surface area contributed by atoms with Crippen LogP contribution in [0, 0.1) is 0 Å². The third-order valence-electron chi connectivity index (χ3n) is 9.07. The van der Waals surface area contributed by atoms with Crippen LogP contribution < -0.4 is 4.90 Å². The number of likely N-dealkylation sites (tertiary alicyclic amines) is 1. The molecule has 2 aliphatic heterocycles. The highest BCUT2D eigenvalue weighted by atomic mass is 16.5. The number of amides is 1. The first-order chi connectivity index (χ1) is 20.0. The lowest BCUT2D eigenvalue weighted by molar-refractivity contribution is -0.148. The van der Waals surface area contributed by atoms with Crippen molar-refractivity contribution in [3.63, 3.8) is 0 Å². The maximum atomic E-state index is 13.9. The number of carbonyl (C=O) groups is 2. The second-order valence-electron chi connectivity index (χ2n) is 11.4. The molecular formula is C35H43N3O3. The number of anilines is 1. The Balaban J connectivity index is 1.35. The summed E-state index contributed by atoms with van der Waals surface area (Å²) in [5, 5.41) is 0. The first-order valence-electron chi connectivity index (χ1n) is 15.1. The lowest BCUT2D eigenvalue weighted by Gasteiger charge is -2.44. The molecule has 6 nitrogen and oxygen atoms in total. The zero-order valence-corrected chi connectivity index (χ0v) is 24.5. The summed E-state index contributed by atoms with van der Waals surface area (Å²) in [6, 6.07) is 32.1. The molecule has 41 heavy (non-hydrogen) atoms. The molecule has 3 aromatic carbocycles. The molecule has 0 radical (unpaired) electrons. The van der Waals surface area contributed by atoms with Gasteiger partial charge in [-0.2, -0.15) is 0 Å². The molecule has 0 N–H and O–H groups in total. The molecule has 5 rings (SSSR count). The molecule has 6 heteroatoms. The summed E-state index contributed by atoms with van der Waals surface area (Å²) in [6.45, 7) is 7.43. The Morgan fingerprint density at radius 1 is 0.829 bits per heavy atom. The maximum absolute atomic E-state index is 13.9.